The molecule has 0 spiro atoms. The third-order valence-corrected chi connectivity index (χ3v) is 30.2. The Morgan fingerprint density at radius 1 is 0.741 bits per heavy atom. The Morgan fingerprint density at radius 2 is 1.37 bits per heavy atom. The van der Waals surface area contributed by atoms with Gasteiger partial charge in [0, 0.05) is 136 Å². The van der Waals surface area contributed by atoms with E-state index in [1.54, 1.807) is 105 Å². The van der Waals surface area contributed by atoms with Crippen molar-refractivity contribution < 1.29 is 101 Å². The van der Waals surface area contributed by atoms with Gasteiger partial charge in [-0.05, 0) is 124 Å². The topological polar surface area (TPSA) is 542 Å². The van der Waals surface area contributed by atoms with Gasteiger partial charge in [-0.1, -0.05) is 177 Å². The lowest BCUT2D eigenvalue weighted by atomic mass is 9.83. The van der Waals surface area contributed by atoms with Gasteiger partial charge < -0.3 is 118 Å². The number of nitrogens with zero attached hydrogens (tertiary/aromatic N) is 2. The lowest BCUT2D eigenvalue weighted by Gasteiger charge is -2.42. The number of aliphatic hydroxyl groups is 2. The first-order valence-corrected chi connectivity index (χ1v) is 51.4. The number of likely N-dealkylation sites (N-methyl/N-ethyl adjacent to an activating group) is 1. The van der Waals surface area contributed by atoms with Crippen LogP contribution in [0.25, 0.3) is 21.8 Å². The monoisotopic (exact) mass is 2010 g/mol. The van der Waals surface area contributed by atoms with E-state index in [0.29, 0.717) is 93.5 Å². The second-order valence-electron chi connectivity index (χ2n) is 35.3. The Morgan fingerprint density at radius 3 is 2.06 bits per heavy atom. The molecule has 4 bridgehead atoms. The van der Waals surface area contributed by atoms with Gasteiger partial charge in [0.25, 0.3) is 0 Å². The molecule has 7 aromatic rings. The number of phenolic OH excluding ortho intramolecular Hbond substituents is 1. The first-order chi connectivity index (χ1) is 66.5. The van der Waals surface area contributed by atoms with Crippen molar-refractivity contribution in [3.8, 4) is 11.5 Å². The highest BCUT2D eigenvalue weighted by atomic mass is 35.5. The van der Waals surface area contributed by atoms with E-state index in [9.17, 15) is 58.5 Å². The fourth-order valence-corrected chi connectivity index (χ4v) is 21.3. The fourth-order valence-electron chi connectivity index (χ4n) is 16.7. The van der Waals surface area contributed by atoms with Gasteiger partial charge in [-0.2, -0.15) is 0 Å². The lowest BCUT2D eigenvalue weighted by molar-refractivity contribution is -0.162. The highest BCUT2D eigenvalue weighted by molar-refractivity contribution is 8.77. The molecule has 3 saturated heterocycles. The Labute approximate surface area is 826 Å². The number of para-hydroxylation sites is 2. The number of hydrogen-bond donors (Lipinski definition) is 17. The number of methoxy groups -OCH3 is 2. The number of allylic oxidation sites excluding steroid dienone is 3. The smallest absolute Gasteiger partial charge is 0.409 e. The van der Waals surface area contributed by atoms with E-state index in [1.165, 1.54) is 85.7 Å². The Hall–Kier alpha value is -11.4. The summed E-state index contributed by atoms with van der Waals surface area (Å²) < 4.78 is 29.7. The molecule has 4 aliphatic rings. The number of esters is 1. The van der Waals surface area contributed by atoms with Crippen LogP contribution in [0.5, 0.6) is 11.5 Å². The van der Waals surface area contributed by atoms with Crippen molar-refractivity contribution in [2.24, 2.45) is 17.4 Å². The van der Waals surface area contributed by atoms with Gasteiger partial charge in [0.1, 0.15) is 88.8 Å². The second-order valence-corrected chi connectivity index (χ2v) is 40.9. The van der Waals surface area contributed by atoms with E-state index >= 15 is 19.2 Å². The third-order valence-electron chi connectivity index (χ3n) is 25.0. The van der Waals surface area contributed by atoms with E-state index < -0.39 is 180 Å². The summed E-state index contributed by atoms with van der Waals surface area (Å²) in [6.45, 7) is 8.12. The van der Waals surface area contributed by atoms with Crippen molar-refractivity contribution >= 4 is 159 Å². The number of nitrogens with two attached hydrogens (primary N) is 2. The van der Waals surface area contributed by atoms with Crippen LogP contribution in [-0.2, 0) is 109 Å². The first kappa shape index (κ1) is 108. The Balaban J connectivity index is 0.746. The first-order valence-electron chi connectivity index (χ1n) is 46.0. The number of aromatic hydroxyl groups is 1. The molecule has 17 atom stereocenters. The van der Waals surface area contributed by atoms with Crippen molar-refractivity contribution in [3.63, 3.8) is 0 Å². The molecule has 2 aromatic heterocycles. The van der Waals surface area contributed by atoms with Crippen LogP contribution >= 0.6 is 54.8 Å². The molecular weight excluding hydrogens is 1890 g/mol. The number of carbonyl (C=O) groups excluding carboxylic acids is 13. The van der Waals surface area contributed by atoms with Gasteiger partial charge >= 0.3 is 12.1 Å². The maximum Gasteiger partial charge on any atom is 0.409 e. The van der Waals surface area contributed by atoms with Crippen LogP contribution < -0.4 is 74.3 Å². The molecule has 0 aliphatic carbocycles. The molecule has 0 saturated carbocycles. The molecule has 37 nitrogen and oxygen atoms in total. The maximum atomic E-state index is 15.3. The van der Waals surface area contributed by atoms with E-state index in [4.69, 9.17) is 46.8 Å². The summed E-state index contributed by atoms with van der Waals surface area (Å²) in [5, 5.41) is 62.8. The van der Waals surface area contributed by atoms with Gasteiger partial charge in [-0.25, -0.2) is 9.59 Å². The van der Waals surface area contributed by atoms with Gasteiger partial charge in [0.05, 0.1) is 37.5 Å². The number of unbranched alkanes of at least 4 members (excludes halogenated alkanes) is 2. The molecule has 750 valence electrons. The van der Waals surface area contributed by atoms with Crippen molar-refractivity contribution in [1.29, 1.82) is 0 Å². The van der Waals surface area contributed by atoms with E-state index in [1.807, 2.05) is 49.4 Å². The SMILES string of the molecule is COc1cc2cc(c1Cl)N(C)C(=O)C[C@H](OC(=O)[C@H](C)N(C)C(=O)CCSSCCC(=O)NCCNC(=O)[C@H](Cc1c[nH]c3ccccc13)NC(=O)[C@@H]1CSSC[C@H](NC(=O)[C@H](N)Cc3ccccc3)C(=O)N[C@@H](Cc3ccc(O)cc3)C(=O)N[C@H](Cc3c[nH]c4ccccc34)C(=O)N[C@@H](CCCCCN)C(=O)N[C@@H]([C@@H](C)O)C(=O)N1)[C@]1(C)O[C@H]1[C@H](C)[C@@H]1C[C@@](O)(NC(=O)O1)[C@H](OC)/C=C/C=C(\C)C2. The van der Waals surface area contributed by atoms with Gasteiger partial charge in [-0.15, -0.1) is 0 Å². The predicted molar refractivity (Wildman–Crippen MR) is 533 cm³/mol. The molecule has 19 N–H and O–H groups in total. The normalized spacial score (nSPS) is 24.6. The molecule has 6 heterocycles. The number of phenols is 1. The Kier molecular flexibility index (Phi) is 39.8. The average molecular weight is 2010 g/mol. The molecule has 0 radical (unpaired) electrons. The number of epoxide rings is 1. The zero-order valence-electron chi connectivity index (χ0n) is 78.9. The molecular formula is C97H125ClN16O21S4. The molecule has 4 aliphatic heterocycles. The second kappa shape index (κ2) is 51.2. The van der Waals surface area contributed by atoms with Crippen molar-refractivity contribution in [2.45, 2.75) is 214 Å². The number of aromatic nitrogens is 2. The minimum Gasteiger partial charge on any atom is -0.508 e. The van der Waals surface area contributed by atoms with Crippen molar-refractivity contribution in [3.05, 3.63) is 184 Å². The highest BCUT2D eigenvalue weighted by Crippen LogP contribution is 2.50. The predicted octanol–water partition coefficient (Wildman–Crippen LogP) is 5.56. The number of ether oxygens (including phenoxy) is 5. The molecule has 0 unspecified atom stereocenters. The number of amides is 12. The van der Waals surface area contributed by atoms with Crippen LogP contribution in [0.3, 0.4) is 0 Å². The van der Waals surface area contributed by atoms with Gasteiger partial charge in [-0.3, -0.25) is 58.1 Å². The summed E-state index contributed by atoms with van der Waals surface area (Å²) >= 11 is 6.89. The van der Waals surface area contributed by atoms with Crippen LogP contribution in [0.15, 0.2) is 151 Å². The lowest BCUT2D eigenvalue weighted by Crippen LogP contribution is -2.63. The number of halogens is 1. The van der Waals surface area contributed by atoms with E-state index in [-0.39, 0.29) is 98.4 Å². The number of hydrogen-bond acceptors (Lipinski definition) is 27. The highest BCUT2D eigenvalue weighted by Gasteiger charge is 2.65. The summed E-state index contributed by atoms with van der Waals surface area (Å²) in [7, 11) is 10.4. The zero-order valence-corrected chi connectivity index (χ0v) is 82.9. The molecule has 3 fully saturated rings. The van der Waals surface area contributed by atoms with Crippen LogP contribution in [0.2, 0.25) is 5.02 Å². The average Bonchev–Trinajstić information content (AvgIpc) is 1.57. The standard InChI is InChI=1S/C97H125ClN16O21S4/c1-54-21-20-29-78(132-9)97(130)49-77(133-95(129)112-97)55(2)85-96(5,135-85)79(48-82(119)114(7)75-44-60(41-54)45-76(131-8)83(75)98)134-94(128)56(3)113(6)81(118)35-40-137-136-39-34-80(117)101-37-38-102-87(121)71(46-61-50-103-67-26-17-15-24-64(61)67)107-92(126)74-53-139-138-52-73(109-86(120)66(100)42-58-22-12-10-13-23-58)91(125)106-70(43-59-30-32-63(116)33-31-59)89(123)108-72(47-62-51-104-68-27-18-16-25-65(62)68)90(124)105-69(28-14-11-19-36-99)88(122)111-84(57(4)115)93(127)110-74/h10,12-13,15-18,20-27,29-33,44-45,50-51,55-57,66,69-74,77-79,84-85,103-104,115-116,130H,11,14,19,28,34-43,46-49,52-53,99-100H2,1-9H3,(H,101,117)(H,102,121)(H,105,124)(H,106,125)(H,107,126)(H,108,123)(H,109,120)(H,110,127)(H,111,122)(H,112,129)/b29-20+,54-21+/t55-,56+,57-,66-,69+,70+,71+,72-,73+,74+,77+,78-,79+,84+,85+,96+,97+/m1/s1. The van der Waals surface area contributed by atoms with Gasteiger partial charge in [0.2, 0.25) is 65.0 Å². The zero-order chi connectivity index (χ0) is 100. The van der Waals surface area contributed by atoms with E-state index in [0.717, 1.165) is 32.7 Å². The number of benzene rings is 5. The summed E-state index contributed by atoms with van der Waals surface area (Å²) in [5.41, 5.74) is 14.8. The van der Waals surface area contributed by atoms with Crippen LogP contribution in [0, 0.1) is 5.92 Å². The maximum absolute atomic E-state index is 15.3. The number of H-pyrrole nitrogens is 2. The van der Waals surface area contributed by atoms with Crippen molar-refractivity contribution in [1.82, 2.24) is 68.0 Å². The van der Waals surface area contributed by atoms with Crippen LogP contribution in [0.4, 0.5) is 10.5 Å². The van der Waals surface area contributed by atoms with Crippen LogP contribution in [0.1, 0.15) is 114 Å². The van der Waals surface area contributed by atoms with Gasteiger partial charge in [0.15, 0.2) is 5.72 Å². The number of alkyl carbamates (subject to hydrolysis) is 1. The molecule has 12 amide bonds. The minimum atomic E-state index is -1.93. The molecule has 139 heavy (non-hydrogen) atoms. The summed E-state index contributed by atoms with van der Waals surface area (Å²) in [4.78, 5) is 198. The largest absolute Gasteiger partial charge is 0.508 e. The van der Waals surface area contributed by atoms with Crippen molar-refractivity contribution in [2.75, 3.05) is 75.9 Å². The number of carbonyl (C=O) groups is 13. The Bertz CT molecular complexity index is 5560. The quantitative estimate of drug-likeness (QED) is 0.0101. The number of rotatable bonds is 34. The number of fused-ring (bicyclic) bond motifs is 7. The fraction of sp³-hybridized carbons (Fsp3) is 0.474. The molecule has 11 rings (SSSR count). The number of aromatic amines is 2. The molecule has 42 heteroatoms. The molecule has 5 aromatic carbocycles. The summed E-state index contributed by atoms with van der Waals surface area (Å²) in [5.74, 6) is -9.67. The van der Waals surface area contributed by atoms with Crippen LogP contribution in [-0.4, -0.2) is 274 Å². The van der Waals surface area contributed by atoms with E-state index in [2.05, 4.69) is 63.1 Å². The summed E-state index contributed by atoms with van der Waals surface area (Å²) in [6, 6.07) is 19.7. The summed E-state index contributed by atoms with van der Waals surface area (Å²) in [6.07, 6.45) is 2.54. The number of aliphatic hydroxyl groups excluding tert-OH is 1. The number of nitrogens with one attached hydrogen (secondary N) is 12. The minimum absolute atomic E-state index is 0.0148. The number of anilines is 1. The third kappa shape index (κ3) is 29.9.